The zero-order chi connectivity index (χ0) is 10.2. The minimum atomic E-state index is 1.04. The second-order valence-electron chi connectivity index (χ2n) is 3.06. The molecule has 0 saturated heterocycles. The minimum Gasteiger partial charge on any atom is -0.356 e. The first-order valence-corrected chi connectivity index (χ1v) is 5.01. The third kappa shape index (κ3) is 3.48. The average Bonchev–Trinajstić information content (AvgIpc) is 2.20. The van der Waals surface area contributed by atoms with Gasteiger partial charge in [0.2, 0.25) is 0 Å². The largest absolute Gasteiger partial charge is 0.356 e. The van der Waals surface area contributed by atoms with Gasteiger partial charge in [-0.25, -0.2) is 0 Å². The first-order chi connectivity index (χ1) is 6.86. The Bertz CT molecular complexity index is 309. The van der Waals surface area contributed by atoms with Crippen molar-refractivity contribution in [2.24, 2.45) is 0 Å². The monoisotopic (exact) mass is 187 g/mol. The molecule has 1 N–H and O–H groups in total. The summed E-state index contributed by atoms with van der Waals surface area (Å²) in [7, 11) is 0. The van der Waals surface area contributed by atoms with E-state index in [0.29, 0.717) is 0 Å². The van der Waals surface area contributed by atoms with Crippen LogP contribution in [-0.2, 0) is 0 Å². The summed E-state index contributed by atoms with van der Waals surface area (Å²) in [4.78, 5) is 0. The molecule has 0 aliphatic rings. The van der Waals surface area contributed by atoms with Gasteiger partial charge >= 0.3 is 0 Å². The van der Waals surface area contributed by atoms with Crippen LogP contribution in [0.1, 0.15) is 20.3 Å². The third-order valence-electron chi connectivity index (χ3n) is 1.83. The van der Waals surface area contributed by atoms with E-state index in [2.05, 4.69) is 36.5 Å². The molecule has 1 aromatic carbocycles. The number of hydrogen-bond donors (Lipinski definition) is 1. The minimum absolute atomic E-state index is 1.04. The van der Waals surface area contributed by atoms with Gasteiger partial charge < -0.3 is 5.32 Å². The number of hydrogen-bond acceptors (Lipinski definition) is 1. The van der Waals surface area contributed by atoms with E-state index in [0.717, 1.165) is 17.8 Å². The van der Waals surface area contributed by atoms with Crippen LogP contribution in [0.5, 0.6) is 0 Å². The molecule has 74 valence electrons. The number of anilines is 1. The standard InChI is InChI=1S/C13H17N/c1-3-8-12(9-4-2)14-13-10-6-5-7-11-13/h3,5-11,14H,4H2,1-2H3/b8-3-,12-9+. The van der Waals surface area contributed by atoms with Crippen LogP contribution in [0.4, 0.5) is 5.69 Å². The fourth-order valence-electron chi connectivity index (χ4n) is 1.25. The van der Waals surface area contributed by atoms with Gasteiger partial charge in [0.1, 0.15) is 0 Å². The van der Waals surface area contributed by atoms with E-state index in [9.17, 15) is 0 Å². The Morgan fingerprint density at radius 3 is 2.57 bits per heavy atom. The van der Waals surface area contributed by atoms with Crippen LogP contribution in [0.3, 0.4) is 0 Å². The molecular formula is C13H17N. The van der Waals surface area contributed by atoms with Crippen molar-refractivity contribution in [2.75, 3.05) is 5.32 Å². The molecule has 0 aliphatic heterocycles. The average molecular weight is 187 g/mol. The Balaban J connectivity index is 2.70. The van der Waals surface area contributed by atoms with E-state index in [-0.39, 0.29) is 0 Å². The van der Waals surface area contributed by atoms with E-state index in [1.54, 1.807) is 0 Å². The van der Waals surface area contributed by atoms with Crippen molar-refractivity contribution in [1.29, 1.82) is 0 Å². The van der Waals surface area contributed by atoms with Crippen molar-refractivity contribution < 1.29 is 0 Å². The normalized spacial score (nSPS) is 12.0. The summed E-state index contributed by atoms with van der Waals surface area (Å²) in [5.74, 6) is 0. The highest BCUT2D eigenvalue weighted by Gasteiger charge is 1.91. The zero-order valence-electron chi connectivity index (χ0n) is 8.83. The van der Waals surface area contributed by atoms with Gasteiger partial charge in [-0.05, 0) is 31.6 Å². The molecule has 0 bridgehead atoms. The molecular weight excluding hydrogens is 170 g/mol. The summed E-state index contributed by atoms with van der Waals surface area (Å²) < 4.78 is 0. The van der Waals surface area contributed by atoms with Gasteiger partial charge in [-0.2, -0.15) is 0 Å². The lowest BCUT2D eigenvalue weighted by atomic mass is 10.2. The Hall–Kier alpha value is -1.50. The van der Waals surface area contributed by atoms with Crippen LogP contribution in [0.15, 0.2) is 54.3 Å². The van der Waals surface area contributed by atoms with Crippen LogP contribution in [0, 0.1) is 0 Å². The molecule has 0 amide bonds. The summed E-state index contributed by atoms with van der Waals surface area (Å²) in [6.45, 7) is 4.16. The van der Waals surface area contributed by atoms with Gasteiger partial charge in [0.15, 0.2) is 0 Å². The van der Waals surface area contributed by atoms with Crippen molar-refractivity contribution in [3.63, 3.8) is 0 Å². The maximum Gasteiger partial charge on any atom is 0.0384 e. The summed E-state index contributed by atoms with van der Waals surface area (Å²) >= 11 is 0. The topological polar surface area (TPSA) is 12.0 Å². The van der Waals surface area contributed by atoms with Gasteiger partial charge in [0, 0.05) is 11.4 Å². The SMILES string of the molecule is C/C=C\C(=C/CC)Nc1ccccc1. The predicted octanol–water partition coefficient (Wildman–Crippen LogP) is 3.97. The van der Waals surface area contributed by atoms with E-state index in [1.807, 2.05) is 31.2 Å². The molecule has 0 unspecified atom stereocenters. The number of para-hydroxylation sites is 1. The predicted molar refractivity (Wildman–Crippen MR) is 63.3 cm³/mol. The quantitative estimate of drug-likeness (QED) is 0.703. The van der Waals surface area contributed by atoms with Crippen LogP contribution in [0.2, 0.25) is 0 Å². The highest BCUT2D eigenvalue weighted by atomic mass is 14.9. The Kier molecular flexibility index (Phi) is 4.56. The fraction of sp³-hybridized carbons (Fsp3) is 0.231. The highest BCUT2D eigenvalue weighted by molar-refractivity contribution is 5.50. The van der Waals surface area contributed by atoms with E-state index >= 15 is 0 Å². The molecule has 1 nitrogen and oxygen atoms in total. The van der Waals surface area contributed by atoms with Crippen LogP contribution in [-0.4, -0.2) is 0 Å². The Morgan fingerprint density at radius 1 is 1.29 bits per heavy atom. The van der Waals surface area contributed by atoms with Crippen molar-refractivity contribution in [3.8, 4) is 0 Å². The molecule has 0 atom stereocenters. The van der Waals surface area contributed by atoms with Gasteiger partial charge in [0.25, 0.3) is 0 Å². The summed E-state index contributed by atoms with van der Waals surface area (Å²) in [5, 5.41) is 3.36. The van der Waals surface area contributed by atoms with Gasteiger partial charge in [-0.1, -0.05) is 37.3 Å². The molecule has 1 aromatic rings. The molecule has 0 radical (unpaired) electrons. The summed E-state index contributed by atoms with van der Waals surface area (Å²) in [5.41, 5.74) is 2.28. The number of allylic oxidation sites excluding steroid dienone is 3. The van der Waals surface area contributed by atoms with E-state index < -0.39 is 0 Å². The molecule has 0 fully saturated rings. The lowest BCUT2D eigenvalue weighted by Gasteiger charge is -2.06. The third-order valence-corrected chi connectivity index (χ3v) is 1.83. The molecule has 0 saturated carbocycles. The van der Waals surface area contributed by atoms with Gasteiger partial charge in [0.05, 0.1) is 0 Å². The van der Waals surface area contributed by atoms with E-state index in [4.69, 9.17) is 0 Å². The number of rotatable bonds is 4. The molecule has 0 aliphatic carbocycles. The smallest absolute Gasteiger partial charge is 0.0384 e. The lowest BCUT2D eigenvalue weighted by molar-refractivity contribution is 1.20. The maximum absolute atomic E-state index is 3.36. The first kappa shape index (κ1) is 10.6. The van der Waals surface area contributed by atoms with Crippen LogP contribution < -0.4 is 5.32 Å². The second-order valence-corrected chi connectivity index (χ2v) is 3.06. The molecule has 0 spiro atoms. The van der Waals surface area contributed by atoms with Crippen molar-refractivity contribution >= 4 is 5.69 Å². The highest BCUT2D eigenvalue weighted by Crippen LogP contribution is 2.10. The van der Waals surface area contributed by atoms with E-state index in [1.165, 1.54) is 0 Å². The first-order valence-electron chi connectivity index (χ1n) is 5.01. The Labute approximate surface area is 86.2 Å². The molecule has 1 heteroatoms. The summed E-state index contributed by atoms with van der Waals surface area (Å²) in [6, 6.07) is 10.2. The molecule has 14 heavy (non-hydrogen) atoms. The van der Waals surface area contributed by atoms with Gasteiger partial charge in [-0.3, -0.25) is 0 Å². The number of benzene rings is 1. The lowest BCUT2D eigenvalue weighted by Crippen LogP contribution is -1.95. The number of nitrogens with one attached hydrogen (secondary N) is 1. The van der Waals surface area contributed by atoms with Crippen LogP contribution in [0.25, 0.3) is 0 Å². The molecule has 1 rings (SSSR count). The Morgan fingerprint density at radius 2 is 2.00 bits per heavy atom. The van der Waals surface area contributed by atoms with Crippen molar-refractivity contribution in [2.45, 2.75) is 20.3 Å². The fourth-order valence-corrected chi connectivity index (χ4v) is 1.25. The van der Waals surface area contributed by atoms with Crippen molar-refractivity contribution in [1.82, 2.24) is 0 Å². The second kappa shape index (κ2) is 6.03. The molecule has 0 aromatic heterocycles. The van der Waals surface area contributed by atoms with Crippen molar-refractivity contribution in [3.05, 3.63) is 54.3 Å². The summed E-state index contributed by atoms with van der Waals surface area (Å²) in [6.07, 6.45) is 7.33. The van der Waals surface area contributed by atoms with Gasteiger partial charge in [-0.15, -0.1) is 0 Å². The maximum atomic E-state index is 3.36. The van der Waals surface area contributed by atoms with Crippen LogP contribution >= 0.6 is 0 Å². The molecule has 0 heterocycles. The zero-order valence-corrected chi connectivity index (χ0v) is 8.83.